The zero-order valence-corrected chi connectivity index (χ0v) is 10.1. The van der Waals surface area contributed by atoms with Gasteiger partial charge >= 0.3 is 0 Å². The second-order valence-electron chi connectivity index (χ2n) is 4.36. The highest BCUT2D eigenvalue weighted by Gasteiger charge is 2.05. The summed E-state index contributed by atoms with van der Waals surface area (Å²) in [6.45, 7) is 9.39. The van der Waals surface area contributed by atoms with Crippen molar-refractivity contribution in [3.63, 3.8) is 0 Å². The summed E-state index contributed by atoms with van der Waals surface area (Å²) in [7, 11) is 0. The molecule has 78 valence electrons. The van der Waals surface area contributed by atoms with Crippen LogP contribution in [-0.2, 0) is 0 Å². The largest absolute Gasteiger partial charge is 0.309 e. The van der Waals surface area contributed by atoms with Gasteiger partial charge in [-0.2, -0.15) is 0 Å². The summed E-state index contributed by atoms with van der Waals surface area (Å²) in [5.41, 5.74) is 1.28. The fourth-order valence-corrected chi connectivity index (χ4v) is 1.69. The van der Waals surface area contributed by atoms with Gasteiger partial charge in [-0.3, -0.25) is 0 Å². The van der Waals surface area contributed by atoms with E-state index >= 15 is 0 Å². The minimum absolute atomic E-state index is 0.184. The Hall–Kier alpha value is -0.670. The number of aryl methyl sites for hydroxylation is 1. The molecule has 1 aromatic rings. The summed E-state index contributed by atoms with van der Waals surface area (Å²) >= 11 is 1.68. The van der Waals surface area contributed by atoms with Crippen molar-refractivity contribution in [2.45, 2.75) is 33.2 Å². The second kappa shape index (κ2) is 4.71. The molecule has 0 unspecified atom stereocenters. The molecule has 0 aliphatic heterocycles. The smallest absolute Gasteiger partial charge is 0.116 e. The van der Waals surface area contributed by atoms with Gasteiger partial charge in [-0.05, 0) is 33.8 Å². The molecule has 1 rings (SSSR count). The zero-order chi connectivity index (χ0) is 10.6. The third kappa shape index (κ3) is 4.53. The van der Waals surface area contributed by atoms with E-state index in [4.69, 9.17) is 0 Å². The lowest BCUT2D eigenvalue weighted by molar-refractivity contribution is 0.450. The maximum absolute atomic E-state index is 4.35. The summed E-state index contributed by atoms with van der Waals surface area (Å²) in [5, 5.41) is 6.54. The average molecular weight is 210 g/mol. The van der Waals surface area contributed by atoms with Gasteiger partial charge in [-0.1, -0.05) is 6.08 Å². The molecular weight excluding hydrogens is 192 g/mol. The molecule has 0 radical (unpaired) electrons. The highest BCUT2D eigenvalue weighted by Crippen LogP contribution is 2.09. The monoisotopic (exact) mass is 210 g/mol. The lowest BCUT2D eigenvalue weighted by atomic mass is 10.1. The third-order valence-corrected chi connectivity index (χ3v) is 2.58. The van der Waals surface area contributed by atoms with Gasteiger partial charge < -0.3 is 5.32 Å². The van der Waals surface area contributed by atoms with Crippen LogP contribution in [0, 0.1) is 6.92 Å². The van der Waals surface area contributed by atoms with Crippen LogP contribution in [0.2, 0.25) is 0 Å². The van der Waals surface area contributed by atoms with Crippen molar-refractivity contribution >= 4 is 17.4 Å². The number of hydrogen-bond donors (Lipinski definition) is 1. The van der Waals surface area contributed by atoms with Gasteiger partial charge in [0.05, 0.1) is 0 Å². The Kier molecular flexibility index (Phi) is 3.84. The van der Waals surface area contributed by atoms with Crippen molar-refractivity contribution in [2.24, 2.45) is 0 Å². The Labute approximate surface area is 90.1 Å². The first-order valence-electron chi connectivity index (χ1n) is 4.81. The molecule has 0 aliphatic rings. The Morgan fingerprint density at radius 3 is 2.71 bits per heavy atom. The van der Waals surface area contributed by atoms with Crippen molar-refractivity contribution in [2.75, 3.05) is 6.54 Å². The number of nitrogens with one attached hydrogen (secondary N) is 1. The molecule has 0 saturated carbocycles. The van der Waals surface area contributed by atoms with E-state index in [1.807, 2.05) is 6.92 Å². The van der Waals surface area contributed by atoms with E-state index in [2.05, 4.69) is 48.6 Å². The molecule has 1 aromatic heterocycles. The molecule has 0 spiro atoms. The van der Waals surface area contributed by atoms with Gasteiger partial charge in [0.2, 0.25) is 0 Å². The van der Waals surface area contributed by atoms with Crippen molar-refractivity contribution < 1.29 is 0 Å². The van der Waals surface area contributed by atoms with Gasteiger partial charge in [-0.25, -0.2) is 4.98 Å². The molecule has 3 heteroatoms. The maximum atomic E-state index is 4.35. The highest BCUT2D eigenvalue weighted by molar-refractivity contribution is 7.10. The van der Waals surface area contributed by atoms with Crippen LogP contribution in [0.15, 0.2) is 11.5 Å². The Balaban J connectivity index is 2.35. The van der Waals surface area contributed by atoms with Gasteiger partial charge in [-0.15, -0.1) is 11.3 Å². The number of rotatable bonds is 3. The van der Waals surface area contributed by atoms with Gasteiger partial charge in [0, 0.05) is 23.2 Å². The van der Waals surface area contributed by atoms with Crippen LogP contribution < -0.4 is 5.32 Å². The van der Waals surface area contributed by atoms with E-state index in [9.17, 15) is 0 Å². The molecule has 1 heterocycles. The third-order valence-electron chi connectivity index (χ3n) is 1.65. The van der Waals surface area contributed by atoms with Crippen LogP contribution in [0.5, 0.6) is 0 Å². The van der Waals surface area contributed by atoms with Crippen LogP contribution in [0.3, 0.4) is 0 Å². The quantitative estimate of drug-likeness (QED) is 0.830. The molecule has 2 nitrogen and oxygen atoms in total. The minimum atomic E-state index is 0.184. The van der Waals surface area contributed by atoms with Crippen LogP contribution in [0.25, 0.3) is 6.08 Å². The number of thiazole rings is 1. The standard InChI is InChI=1S/C11H18N2S/c1-9-8-14-10(13-9)6-5-7-12-11(2,3)4/h5-6,8,12H,7H2,1-4H3/b6-5+. The molecule has 0 saturated heterocycles. The van der Waals surface area contributed by atoms with Crippen molar-refractivity contribution in [1.29, 1.82) is 0 Å². The average Bonchev–Trinajstić information content (AvgIpc) is 2.44. The molecule has 0 aliphatic carbocycles. The summed E-state index contributed by atoms with van der Waals surface area (Å²) in [6, 6.07) is 0. The van der Waals surface area contributed by atoms with E-state index in [1.54, 1.807) is 11.3 Å². The molecular formula is C11H18N2S. The predicted octanol–water partition coefficient (Wildman–Crippen LogP) is 2.85. The lowest BCUT2D eigenvalue weighted by Gasteiger charge is -2.18. The van der Waals surface area contributed by atoms with Crippen LogP contribution in [-0.4, -0.2) is 17.1 Å². The first-order chi connectivity index (χ1) is 6.47. The Morgan fingerprint density at radius 1 is 1.50 bits per heavy atom. The summed E-state index contributed by atoms with van der Waals surface area (Å²) in [6.07, 6.45) is 4.18. The SMILES string of the molecule is Cc1csc(/C=C/CNC(C)(C)C)n1. The van der Waals surface area contributed by atoms with Crippen molar-refractivity contribution in [3.05, 3.63) is 22.2 Å². The molecule has 0 aromatic carbocycles. The predicted molar refractivity (Wildman–Crippen MR) is 63.6 cm³/mol. The molecule has 0 bridgehead atoms. The van der Waals surface area contributed by atoms with Crippen molar-refractivity contribution in [3.8, 4) is 0 Å². The molecule has 0 atom stereocenters. The molecule has 1 N–H and O–H groups in total. The minimum Gasteiger partial charge on any atom is -0.309 e. The summed E-state index contributed by atoms with van der Waals surface area (Å²) < 4.78 is 0. The van der Waals surface area contributed by atoms with Crippen LogP contribution in [0.1, 0.15) is 31.5 Å². The van der Waals surface area contributed by atoms with Crippen LogP contribution in [0.4, 0.5) is 0 Å². The summed E-state index contributed by atoms with van der Waals surface area (Å²) in [4.78, 5) is 4.35. The van der Waals surface area contributed by atoms with E-state index < -0.39 is 0 Å². The van der Waals surface area contributed by atoms with E-state index in [0.717, 1.165) is 17.2 Å². The van der Waals surface area contributed by atoms with Crippen molar-refractivity contribution in [1.82, 2.24) is 10.3 Å². The topological polar surface area (TPSA) is 24.9 Å². The Bertz CT molecular complexity index is 307. The zero-order valence-electron chi connectivity index (χ0n) is 9.29. The first kappa shape index (κ1) is 11.4. The first-order valence-corrected chi connectivity index (χ1v) is 5.69. The van der Waals surface area contributed by atoms with Gasteiger partial charge in [0.25, 0.3) is 0 Å². The molecule has 0 fully saturated rings. The van der Waals surface area contributed by atoms with Gasteiger partial charge in [0.15, 0.2) is 0 Å². The van der Waals surface area contributed by atoms with E-state index in [0.29, 0.717) is 0 Å². The molecule has 0 amide bonds. The molecule has 14 heavy (non-hydrogen) atoms. The van der Waals surface area contributed by atoms with Crippen LogP contribution >= 0.6 is 11.3 Å². The summed E-state index contributed by atoms with van der Waals surface area (Å²) in [5.74, 6) is 0. The number of nitrogens with zero attached hydrogens (tertiary/aromatic N) is 1. The fraction of sp³-hybridized carbons (Fsp3) is 0.545. The fourth-order valence-electron chi connectivity index (χ4n) is 0.974. The number of hydrogen-bond acceptors (Lipinski definition) is 3. The lowest BCUT2D eigenvalue weighted by Crippen LogP contribution is -2.35. The maximum Gasteiger partial charge on any atom is 0.116 e. The van der Waals surface area contributed by atoms with E-state index in [-0.39, 0.29) is 5.54 Å². The van der Waals surface area contributed by atoms with Gasteiger partial charge in [0.1, 0.15) is 5.01 Å². The number of aromatic nitrogens is 1. The second-order valence-corrected chi connectivity index (χ2v) is 5.25. The normalized spacial score (nSPS) is 12.6. The Morgan fingerprint density at radius 2 is 2.21 bits per heavy atom. The highest BCUT2D eigenvalue weighted by atomic mass is 32.1. The van der Waals surface area contributed by atoms with E-state index in [1.165, 1.54) is 0 Å².